The zero-order valence-electron chi connectivity index (χ0n) is 10.4. The zero-order chi connectivity index (χ0) is 10.9. The van der Waals surface area contributed by atoms with E-state index in [1.807, 2.05) is 19.2 Å². The van der Waals surface area contributed by atoms with Crippen LogP contribution in [0.1, 0.15) is 20.3 Å². The van der Waals surface area contributed by atoms with Crippen LogP contribution in [0.3, 0.4) is 0 Å². The molecule has 17 heavy (non-hydrogen) atoms. The van der Waals surface area contributed by atoms with Crippen molar-refractivity contribution in [3.05, 3.63) is 24.5 Å². The Morgan fingerprint density at radius 2 is 2.06 bits per heavy atom. The molecule has 1 atom stereocenters. The lowest BCUT2D eigenvalue weighted by molar-refractivity contribution is 0.231. The third-order valence-electron chi connectivity index (χ3n) is 3.51. The lowest BCUT2D eigenvalue weighted by atomic mass is 10.1. The van der Waals surface area contributed by atoms with E-state index in [1.54, 1.807) is 12.4 Å². The van der Waals surface area contributed by atoms with Crippen molar-refractivity contribution < 1.29 is 4.74 Å². The van der Waals surface area contributed by atoms with Gasteiger partial charge < -0.3 is 10.1 Å². The Morgan fingerprint density at radius 1 is 1.41 bits per heavy atom. The maximum atomic E-state index is 5.73. The molecule has 3 nitrogen and oxygen atoms in total. The van der Waals surface area contributed by atoms with Crippen LogP contribution in [0.4, 0.5) is 0 Å². The number of aromatic nitrogens is 1. The van der Waals surface area contributed by atoms with Gasteiger partial charge in [0.25, 0.3) is 0 Å². The fourth-order valence-electron chi connectivity index (χ4n) is 2.09. The van der Waals surface area contributed by atoms with Crippen LogP contribution in [0.25, 0.3) is 0 Å². The number of halogens is 2. The summed E-state index contributed by atoms with van der Waals surface area (Å²) in [4.78, 5) is 4.02. The molecular formula is C12H20Cl2N2O. The van der Waals surface area contributed by atoms with Gasteiger partial charge in [-0.2, -0.15) is 0 Å². The van der Waals surface area contributed by atoms with E-state index >= 15 is 0 Å². The van der Waals surface area contributed by atoms with Gasteiger partial charge in [0.15, 0.2) is 0 Å². The highest BCUT2D eigenvalue weighted by Gasteiger charge is 2.60. The first-order chi connectivity index (χ1) is 7.10. The molecule has 0 spiro atoms. The van der Waals surface area contributed by atoms with Crippen LogP contribution in [-0.2, 0) is 0 Å². The van der Waals surface area contributed by atoms with Gasteiger partial charge in [0.05, 0.1) is 11.7 Å². The Hall–Kier alpha value is -0.510. The van der Waals surface area contributed by atoms with Crippen LogP contribution in [0.2, 0.25) is 0 Å². The van der Waals surface area contributed by atoms with E-state index in [1.165, 1.54) is 0 Å². The van der Waals surface area contributed by atoms with Crippen molar-refractivity contribution in [1.82, 2.24) is 10.3 Å². The number of hydrogen-bond donors (Lipinski definition) is 1. The van der Waals surface area contributed by atoms with Gasteiger partial charge in [-0.3, -0.25) is 4.98 Å². The van der Waals surface area contributed by atoms with Crippen molar-refractivity contribution in [2.45, 2.75) is 25.8 Å². The first-order valence-corrected chi connectivity index (χ1v) is 5.31. The molecule has 0 aromatic carbocycles. The van der Waals surface area contributed by atoms with Crippen LogP contribution < -0.4 is 10.1 Å². The summed E-state index contributed by atoms with van der Waals surface area (Å²) in [7, 11) is 2.00. The largest absolute Gasteiger partial charge is 0.490 e. The Labute approximate surface area is 115 Å². The van der Waals surface area contributed by atoms with E-state index in [9.17, 15) is 0 Å². The molecule has 0 saturated heterocycles. The molecular weight excluding hydrogens is 259 g/mol. The molecule has 98 valence electrons. The summed E-state index contributed by atoms with van der Waals surface area (Å²) in [5.74, 6) is 0.842. The van der Waals surface area contributed by atoms with Gasteiger partial charge >= 0.3 is 0 Å². The monoisotopic (exact) mass is 278 g/mol. The van der Waals surface area contributed by atoms with Crippen molar-refractivity contribution in [3.63, 3.8) is 0 Å². The second-order valence-corrected chi connectivity index (χ2v) is 4.87. The Balaban J connectivity index is 0.00000128. The van der Waals surface area contributed by atoms with Crippen molar-refractivity contribution in [3.8, 4) is 5.75 Å². The standard InChI is InChI=1S/C12H18N2O.2ClH/c1-11(2)8-12(11,13-3)9-15-10-5-4-6-14-7-10;;/h4-7,13H,8-9H2,1-3H3;2*1H. The maximum Gasteiger partial charge on any atom is 0.137 e. The molecule has 1 aromatic rings. The zero-order valence-corrected chi connectivity index (χ0v) is 12.0. The predicted molar refractivity (Wildman–Crippen MR) is 74.4 cm³/mol. The molecule has 1 aliphatic rings. The Morgan fingerprint density at radius 3 is 2.47 bits per heavy atom. The number of nitrogens with one attached hydrogen (secondary N) is 1. The summed E-state index contributed by atoms with van der Waals surface area (Å²) in [6.07, 6.45) is 4.66. The van der Waals surface area contributed by atoms with Crippen molar-refractivity contribution >= 4 is 24.8 Å². The highest BCUT2D eigenvalue weighted by molar-refractivity contribution is 5.85. The summed E-state index contributed by atoms with van der Waals surface area (Å²) >= 11 is 0. The van der Waals surface area contributed by atoms with Crippen molar-refractivity contribution in [2.75, 3.05) is 13.7 Å². The molecule has 1 fully saturated rings. The minimum absolute atomic E-state index is 0. The van der Waals surface area contributed by atoms with Crippen molar-refractivity contribution in [2.24, 2.45) is 5.41 Å². The molecule has 1 aromatic heterocycles. The number of ether oxygens (including phenoxy) is 1. The van der Waals surface area contributed by atoms with E-state index in [0.29, 0.717) is 12.0 Å². The summed E-state index contributed by atoms with van der Waals surface area (Å²) in [5, 5.41) is 3.37. The van der Waals surface area contributed by atoms with E-state index in [4.69, 9.17) is 4.74 Å². The fraction of sp³-hybridized carbons (Fsp3) is 0.583. The number of likely N-dealkylation sites (N-methyl/N-ethyl adjacent to an activating group) is 1. The minimum atomic E-state index is 0. The molecule has 2 rings (SSSR count). The number of pyridine rings is 1. The van der Waals surface area contributed by atoms with Crippen molar-refractivity contribution in [1.29, 1.82) is 0 Å². The highest BCUT2D eigenvalue weighted by Crippen LogP contribution is 2.55. The van der Waals surface area contributed by atoms with Gasteiger partial charge in [-0.25, -0.2) is 0 Å². The molecule has 0 radical (unpaired) electrons. The lowest BCUT2D eigenvalue weighted by Crippen LogP contribution is -2.38. The van der Waals surface area contributed by atoms with E-state index < -0.39 is 0 Å². The van der Waals surface area contributed by atoms with Crippen LogP contribution in [0.5, 0.6) is 5.75 Å². The molecule has 1 heterocycles. The molecule has 5 heteroatoms. The molecule has 0 aliphatic heterocycles. The topological polar surface area (TPSA) is 34.1 Å². The van der Waals surface area contributed by atoms with Crippen LogP contribution in [0, 0.1) is 5.41 Å². The second kappa shape index (κ2) is 5.89. The molecule has 1 unspecified atom stereocenters. The first kappa shape index (κ1) is 16.5. The smallest absolute Gasteiger partial charge is 0.137 e. The molecule has 1 N–H and O–H groups in total. The van der Waals surface area contributed by atoms with Gasteiger partial charge in [-0.05, 0) is 31.0 Å². The quantitative estimate of drug-likeness (QED) is 0.920. The summed E-state index contributed by atoms with van der Waals surface area (Å²) < 4.78 is 5.73. The number of rotatable bonds is 4. The summed E-state index contributed by atoms with van der Waals surface area (Å²) in [6, 6.07) is 3.82. The van der Waals surface area contributed by atoms with Gasteiger partial charge in [-0.15, -0.1) is 24.8 Å². The van der Waals surface area contributed by atoms with Gasteiger partial charge in [0, 0.05) is 6.20 Å². The Bertz CT molecular complexity index is 346. The number of hydrogen-bond acceptors (Lipinski definition) is 3. The average molecular weight is 279 g/mol. The van der Waals surface area contributed by atoms with E-state index in [2.05, 4.69) is 24.1 Å². The minimum Gasteiger partial charge on any atom is -0.490 e. The lowest BCUT2D eigenvalue weighted by Gasteiger charge is -2.20. The highest BCUT2D eigenvalue weighted by atomic mass is 35.5. The van der Waals surface area contributed by atoms with E-state index in [-0.39, 0.29) is 30.4 Å². The SMILES string of the molecule is CNC1(COc2cccnc2)CC1(C)C.Cl.Cl. The van der Waals surface area contributed by atoms with Crippen LogP contribution in [-0.4, -0.2) is 24.2 Å². The third-order valence-corrected chi connectivity index (χ3v) is 3.51. The van der Waals surface area contributed by atoms with Crippen LogP contribution in [0.15, 0.2) is 24.5 Å². The first-order valence-electron chi connectivity index (χ1n) is 5.31. The van der Waals surface area contributed by atoms with Crippen LogP contribution >= 0.6 is 24.8 Å². The molecule has 1 aliphatic carbocycles. The van der Waals surface area contributed by atoms with Gasteiger partial charge in [0.1, 0.15) is 12.4 Å². The normalized spacial score (nSPS) is 24.2. The maximum absolute atomic E-state index is 5.73. The predicted octanol–water partition coefficient (Wildman–Crippen LogP) is 2.69. The van der Waals surface area contributed by atoms with E-state index in [0.717, 1.165) is 12.2 Å². The third kappa shape index (κ3) is 3.24. The Kier molecular flexibility index (Phi) is 5.72. The van der Waals surface area contributed by atoms with Gasteiger partial charge in [0.2, 0.25) is 0 Å². The average Bonchev–Trinajstić information content (AvgIpc) is 2.80. The summed E-state index contributed by atoms with van der Waals surface area (Å²) in [5.41, 5.74) is 0.479. The van der Waals surface area contributed by atoms with Gasteiger partial charge in [-0.1, -0.05) is 13.8 Å². The molecule has 1 saturated carbocycles. The summed E-state index contributed by atoms with van der Waals surface area (Å²) in [6.45, 7) is 5.23. The fourth-order valence-corrected chi connectivity index (χ4v) is 2.09. The second-order valence-electron chi connectivity index (χ2n) is 4.87. The molecule has 0 amide bonds. The molecule has 0 bridgehead atoms. The number of nitrogens with zero attached hydrogens (tertiary/aromatic N) is 1.